The van der Waals surface area contributed by atoms with Gasteiger partial charge in [-0.1, -0.05) is 11.6 Å². The lowest BCUT2D eigenvalue weighted by molar-refractivity contribution is 1.11. The van der Waals surface area contributed by atoms with Crippen LogP contribution >= 0.6 is 34.5 Å². The van der Waals surface area contributed by atoms with Gasteiger partial charge in [0, 0.05) is 11.6 Å². The number of hydrogen-bond donors (Lipinski definition) is 0. The predicted octanol–water partition coefficient (Wildman–Crippen LogP) is 2.79. The molecule has 0 aliphatic rings. The van der Waals surface area contributed by atoms with Crippen molar-refractivity contribution in [3.05, 3.63) is 22.4 Å². The van der Waals surface area contributed by atoms with Gasteiger partial charge in [-0.25, -0.2) is 4.98 Å². The Kier molecular flexibility index (Phi) is 1.79. The highest BCUT2D eigenvalue weighted by Gasteiger charge is 2.08. The van der Waals surface area contributed by atoms with Crippen LogP contribution in [0.4, 0.5) is 0 Å². The molecule has 0 aliphatic carbocycles. The highest BCUT2D eigenvalue weighted by atomic mass is 35.5. The summed E-state index contributed by atoms with van der Waals surface area (Å²) in [5.41, 5.74) is 0.865. The topological polar surface area (TPSA) is 17.3 Å². The van der Waals surface area contributed by atoms with Crippen LogP contribution in [0.3, 0.4) is 0 Å². The lowest BCUT2D eigenvalue weighted by Gasteiger charge is -1.89. The summed E-state index contributed by atoms with van der Waals surface area (Å²) in [6.45, 7) is 0. The fourth-order valence-corrected chi connectivity index (χ4v) is 2.27. The number of aromatic nitrogens is 2. The van der Waals surface area contributed by atoms with Gasteiger partial charge in [0.2, 0.25) is 0 Å². The van der Waals surface area contributed by atoms with Crippen molar-refractivity contribution in [2.75, 3.05) is 0 Å². The maximum atomic E-state index is 5.80. The molecule has 2 aromatic heterocycles. The van der Waals surface area contributed by atoms with E-state index >= 15 is 0 Å². The fraction of sp³-hybridized carbons (Fsp3) is 0.167. The molecule has 0 bridgehead atoms. The van der Waals surface area contributed by atoms with E-state index in [4.69, 9.17) is 23.2 Å². The Balaban J connectivity index is 2.80. The van der Waals surface area contributed by atoms with E-state index in [1.54, 1.807) is 11.3 Å². The van der Waals surface area contributed by atoms with E-state index in [0.29, 0.717) is 11.0 Å². The molecule has 0 aliphatic heterocycles. The van der Waals surface area contributed by atoms with Gasteiger partial charge >= 0.3 is 0 Å². The molecular weight excluding hydrogens is 203 g/mol. The first-order chi connectivity index (χ1) is 5.33. The van der Waals surface area contributed by atoms with Crippen LogP contribution in [0.1, 0.15) is 5.69 Å². The zero-order valence-electron chi connectivity index (χ0n) is 5.42. The maximum absolute atomic E-state index is 5.80. The average Bonchev–Trinajstić information content (AvgIpc) is 2.46. The largest absolute Gasteiger partial charge is 0.292 e. The average molecular weight is 207 g/mol. The molecule has 0 spiro atoms. The van der Waals surface area contributed by atoms with Crippen molar-refractivity contribution in [2.45, 2.75) is 5.88 Å². The van der Waals surface area contributed by atoms with Crippen LogP contribution in [0.15, 0.2) is 11.6 Å². The van der Waals surface area contributed by atoms with Crippen molar-refractivity contribution >= 4 is 39.5 Å². The van der Waals surface area contributed by atoms with E-state index in [1.165, 1.54) is 0 Å². The summed E-state index contributed by atoms with van der Waals surface area (Å²) in [6.07, 6.45) is 1.91. The molecule has 2 aromatic rings. The zero-order valence-corrected chi connectivity index (χ0v) is 7.75. The molecule has 2 rings (SSSR count). The standard InChI is InChI=1S/C6H4Cl2N2S/c7-3-4-5(8)9-6-10(4)1-2-11-6/h1-2H,3H2. The number of hydrogen-bond acceptors (Lipinski definition) is 2. The lowest BCUT2D eigenvalue weighted by atomic mass is 10.5. The van der Waals surface area contributed by atoms with Crippen LogP contribution in [-0.2, 0) is 5.88 Å². The summed E-state index contributed by atoms with van der Waals surface area (Å²) >= 11 is 13.0. The van der Waals surface area contributed by atoms with Crippen LogP contribution in [0.25, 0.3) is 4.96 Å². The number of nitrogens with zero attached hydrogens (tertiary/aromatic N) is 2. The fourth-order valence-electron chi connectivity index (χ4n) is 0.926. The molecule has 58 valence electrons. The van der Waals surface area contributed by atoms with Gasteiger partial charge in [-0.3, -0.25) is 4.40 Å². The predicted molar refractivity (Wildman–Crippen MR) is 47.6 cm³/mol. The number of rotatable bonds is 1. The third kappa shape index (κ3) is 1.04. The Morgan fingerprint density at radius 1 is 1.64 bits per heavy atom. The number of thiazole rings is 1. The normalized spacial score (nSPS) is 11.1. The summed E-state index contributed by atoms with van der Waals surface area (Å²) in [5, 5.41) is 2.46. The van der Waals surface area contributed by atoms with Gasteiger partial charge < -0.3 is 0 Å². The van der Waals surface area contributed by atoms with Crippen molar-refractivity contribution in [1.82, 2.24) is 9.38 Å². The molecule has 0 N–H and O–H groups in total. The first-order valence-corrected chi connectivity index (χ1v) is 4.78. The van der Waals surface area contributed by atoms with Gasteiger partial charge in [0.05, 0.1) is 11.6 Å². The molecule has 11 heavy (non-hydrogen) atoms. The minimum Gasteiger partial charge on any atom is -0.292 e. The first kappa shape index (κ1) is 7.40. The van der Waals surface area contributed by atoms with E-state index in [2.05, 4.69) is 4.98 Å². The Labute approximate surface area is 77.4 Å². The van der Waals surface area contributed by atoms with Crippen molar-refractivity contribution in [3.8, 4) is 0 Å². The minimum atomic E-state index is 0.400. The van der Waals surface area contributed by atoms with Crippen molar-refractivity contribution < 1.29 is 0 Å². The molecule has 0 unspecified atom stereocenters. The smallest absolute Gasteiger partial charge is 0.195 e. The van der Waals surface area contributed by atoms with Gasteiger partial charge in [0.25, 0.3) is 0 Å². The molecule has 0 saturated carbocycles. The van der Waals surface area contributed by atoms with Crippen molar-refractivity contribution in [1.29, 1.82) is 0 Å². The number of alkyl halides is 1. The van der Waals surface area contributed by atoms with E-state index in [9.17, 15) is 0 Å². The van der Waals surface area contributed by atoms with Gasteiger partial charge in [-0.05, 0) is 0 Å². The van der Waals surface area contributed by atoms with Crippen molar-refractivity contribution in [3.63, 3.8) is 0 Å². The third-order valence-corrected chi connectivity index (χ3v) is 2.75. The molecule has 0 radical (unpaired) electrons. The second kappa shape index (κ2) is 2.66. The highest BCUT2D eigenvalue weighted by Crippen LogP contribution is 2.22. The number of halogens is 2. The molecule has 0 atom stereocenters. The monoisotopic (exact) mass is 206 g/mol. The summed E-state index contributed by atoms with van der Waals surface area (Å²) in [4.78, 5) is 5.00. The van der Waals surface area contributed by atoms with Gasteiger partial charge in [0.15, 0.2) is 10.1 Å². The lowest BCUT2D eigenvalue weighted by Crippen LogP contribution is -1.83. The molecule has 0 fully saturated rings. The Morgan fingerprint density at radius 2 is 2.45 bits per heavy atom. The van der Waals surface area contributed by atoms with Crippen LogP contribution in [0.2, 0.25) is 5.15 Å². The third-order valence-electron chi connectivity index (χ3n) is 1.44. The zero-order chi connectivity index (χ0) is 7.84. The molecule has 5 heteroatoms. The summed E-state index contributed by atoms with van der Waals surface area (Å²) in [6, 6.07) is 0. The minimum absolute atomic E-state index is 0.400. The second-order valence-corrected chi connectivity index (χ2v) is 3.54. The summed E-state index contributed by atoms with van der Waals surface area (Å²) < 4.78 is 1.90. The number of imidazole rings is 1. The quantitative estimate of drug-likeness (QED) is 0.657. The molecule has 2 nitrogen and oxygen atoms in total. The van der Waals surface area contributed by atoms with E-state index in [0.717, 1.165) is 10.7 Å². The van der Waals surface area contributed by atoms with E-state index < -0.39 is 0 Å². The van der Waals surface area contributed by atoms with Crippen LogP contribution in [0.5, 0.6) is 0 Å². The highest BCUT2D eigenvalue weighted by molar-refractivity contribution is 7.15. The van der Waals surface area contributed by atoms with Crippen LogP contribution < -0.4 is 0 Å². The Morgan fingerprint density at radius 3 is 3.18 bits per heavy atom. The molecular formula is C6H4Cl2N2S. The second-order valence-electron chi connectivity index (χ2n) is 2.04. The van der Waals surface area contributed by atoms with Crippen LogP contribution in [-0.4, -0.2) is 9.38 Å². The van der Waals surface area contributed by atoms with Crippen LogP contribution in [0, 0.1) is 0 Å². The van der Waals surface area contributed by atoms with E-state index in [1.807, 2.05) is 16.0 Å². The van der Waals surface area contributed by atoms with Crippen molar-refractivity contribution in [2.24, 2.45) is 0 Å². The van der Waals surface area contributed by atoms with Gasteiger partial charge in [-0.2, -0.15) is 0 Å². The maximum Gasteiger partial charge on any atom is 0.195 e. The van der Waals surface area contributed by atoms with Gasteiger partial charge in [-0.15, -0.1) is 22.9 Å². The van der Waals surface area contributed by atoms with E-state index in [-0.39, 0.29) is 0 Å². The Hall–Kier alpha value is -0.250. The molecule has 2 heterocycles. The van der Waals surface area contributed by atoms with Gasteiger partial charge in [0.1, 0.15) is 0 Å². The molecule has 0 amide bonds. The summed E-state index contributed by atoms with van der Waals surface area (Å²) in [7, 11) is 0. The molecule has 0 aromatic carbocycles. The molecule has 0 saturated heterocycles. The summed E-state index contributed by atoms with van der Waals surface area (Å²) in [5.74, 6) is 0.400. The number of fused-ring (bicyclic) bond motifs is 1. The Bertz CT molecular complexity index is 379. The SMILES string of the molecule is ClCc1c(Cl)nc2sccn12. The first-order valence-electron chi connectivity index (χ1n) is 2.99.